The summed E-state index contributed by atoms with van der Waals surface area (Å²) in [5.74, 6) is 0. The Bertz CT molecular complexity index is 659. The molecule has 0 aromatic heterocycles. The minimum atomic E-state index is -3.52. The second kappa shape index (κ2) is 5.58. The van der Waals surface area contributed by atoms with E-state index in [-0.39, 0.29) is 4.90 Å². The fourth-order valence-electron chi connectivity index (χ4n) is 1.38. The average Bonchev–Trinajstić information content (AvgIpc) is 2.34. The van der Waals surface area contributed by atoms with Crippen LogP contribution < -0.4 is 4.72 Å². The second-order valence-corrected chi connectivity index (χ2v) is 7.30. The molecule has 2 aromatic carbocycles. The Balaban J connectivity index is 2.34. The van der Waals surface area contributed by atoms with Gasteiger partial charge in [0.15, 0.2) is 0 Å². The largest absolute Gasteiger partial charge is 0.279 e. The maximum Gasteiger partial charge on any atom is 0.261 e. The molecule has 94 valence electrons. The first kappa shape index (κ1) is 13.8. The average molecular weight is 438 g/mol. The highest BCUT2D eigenvalue weighted by Gasteiger charge is 2.14. The summed E-state index contributed by atoms with van der Waals surface area (Å²) in [7, 11) is -3.52. The molecule has 0 unspecified atom stereocenters. The minimum Gasteiger partial charge on any atom is -0.279 e. The molecule has 0 radical (unpaired) electrons. The van der Waals surface area contributed by atoms with Crippen LogP contribution in [0.1, 0.15) is 0 Å². The van der Waals surface area contributed by atoms with E-state index in [2.05, 4.69) is 43.2 Å². The summed E-state index contributed by atoms with van der Waals surface area (Å²) in [5, 5.41) is 0. The first-order chi connectivity index (χ1) is 8.49. The monoisotopic (exact) mass is 437 g/mol. The quantitative estimate of drug-likeness (QED) is 0.741. The second-order valence-electron chi connectivity index (χ2n) is 3.54. The molecule has 0 saturated heterocycles. The molecular weight excluding hydrogens is 429 g/mol. The van der Waals surface area contributed by atoms with Gasteiger partial charge < -0.3 is 0 Å². The van der Waals surface area contributed by atoms with Gasteiger partial charge in [-0.1, -0.05) is 34.1 Å². The van der Waals surface area contributed by atoms with Crippen molar-refractivity contribution >= 4 is 54.2 Å². The molecule has 0 amide bonds. The lowest BCUT2D eigenvalue weighted by atomic mass is 10.3. The third-order valence-electron chi connectivity index (χ3n) is 2.23. The molecule has 2 aromatic rings. The number of rotatable bonds is 3. The zero-order chi connectivity index (χ0) is 13.2. The Hall–Kier alpha value is -0.600. The summed E-state index contributed by atoms with van der Waals surface area (Å²) in [4.78, 5) is 0.253. The lowest BCUT2D eigenvalue weighted by molar-refractivity contribution is 0.601. The molecule has 0 saturated carbocycles. The SMILES string of the molecule is O=S(=O)(Nc1ccc(Br)cc1I)c1ccccc1. The van der Waals surface area contributed by atoms with Crippen LogP contribution in [0, 0.1) is 3.57 Å². The van der Waals surface area contributed by atoms with Crippen LogP contribution in [-0.4, -0.2) is 8.42 Å². The summed E-state index contributed by atoms with van der Waals surface area (Å²) in [5.41, 5.74) is 0.572. The molecule has 3 nitrogen and oxygen atoms in total. The molecule has 0 aliphatic heterocycles. The molecule has 0 fully saturated rings. The molecule has 0 atom stereocenters. The number of hydrogen-bond acceptors (Lipinski definition) is 2. The van der Waals surface area contributed by atoms with Gasteiger partial charge in [0.2, 0.25) is 0 Å². The van der Waals surface area contributed by atoms with E-state index >= 15 is 0 Å². The van der Waals surface area contributed by atoms with E-state index in [4.69, 9.17) is 0 Å². The van der Waals surface area contributed by atoms with Gasteiger partial charge in [-0.3, -0.25) is 4.72 Å². The van der Waals surface area contributed by atoms with Crippen molar-refractivity contribution in [2.45, 2.75) is 4.90 Å². The Morgan fingerprint density at radius 3 is 2.33 bits per heavy atom. The number of benzene rings is 2. The van der Waals surface area contributed by atoms with E-state index in [1.165, 1.54) is 0 Å². The molecule has 0 spiro atoms. The fourth-order valence-corrected chi connectivity index (χ4v) is 4.10. The first-order valence-corrected chi connectivity index (χ1v) is 8.37. The van der Waals surface area contributed by atoms with E-state index in [0.717, 1.165) is 8.04 Å². The smallest absolute Gasteiger partial charge is 0.261 e. The summed E-state index contributed by atoms with van der Waals surface area (Å²) in [6, 6.07) is 13.7. The number of nitrogens with one attached hydrogen (secondary N) is 1. The molecule has 18 heavy (non-hydrogen) atoms. The van der Waals surface area contributed by atoms with E-state index in [9.17, 15) is 8.42 Å². The number of hydrogen-bond donors (Lipinski definition) is 1. The molecular formula is C12H9BrINO2S. The third-order valence-corrected chi connectivity index (χ3v) is 5.00. The van der Waals surface area contributed by atoms with Crippen molar-refractivity contribution in [3.05, 3.63) is 56.6 Å². The Morgan fingerprint density at radius 1 is 1.06 bits per heavy atom. The van der Waals surface area contributed by atoms with E-state index in [1.54, 1.807) is 42.5 Å². The number of halogens is 2. The van der Waals surface area contributed by atoms with Crippen molar-refractivity contribution in [1.82, 2.24) is 0 Å². The van der Waals surface area contributed by atoms with Crippen LogP contribution in [0.3, 0.4) is 0 Å². The van der Waals surface area contributed by atoms with Gasteiger partial charge in [-0.15, -0.1) is 0 Å². The minimum absolute atomic E-state index is 0.253. The molecule has 0 aliphatic rings. The zero-order valence-electron chi connectivity index (χ0n) is 9.10. The van der Waals surface area contributed by atoms with Gasteiger partial charge in [0, 0.05) is 8.04 Å². The van der Waals surface area contributed by atoms with Crippen molar-refractivity contribution in [3.63, 3.8) is 0 Å². The third kappa shape index (κ3) is 3.24. The van der Waals surface area contributed by atoms with Gasteiger partial charge >= 0.3 is 0 Å². The van der Waals surface area contributed by atoms with E-state index < -0.39 is 10.0 Å². The Morgan fingerprint density at radius 2 is 1.72 bits per heavy atom. The summed E-state index contributed by atoms with van der Waals surface area (Å²) >= 11 is 5.43. The standard InChI is InChI=1S/C12H9BrINO2S/c13-9-6-7-12(11(14)8-9)15-18(16,17)10-4-2-1-3-5-10/h1-8,15H. The van der Waals surface area contributed by atoms with Crippen LogP contribution in [0.4, 0.5) is 5.69 Å². The Kier molecular flexibility index (Phi) is 4.29. The molecule has 1 N–H and O–H groups in total. The summed E-state index contributed by atoms with van der Waals surface area (Å²) < 4.78 is 28.5. The first-order valence-electron chi connectivity index (χ1n) is 5.02. The number of anilines is 1. The fraction of sp³-hybridized carbons (Fsp3) is 0. The lowest BCUT2D eigenvalue weighted by Gasteiger charge is -2.09. The normalized spacial score (nSPS) is 11.2. The van der Waals surface area contributed by atoms with Crippen molar-refractivity contribution in [2.24, 2.45) is 0 Å². The highest BCUT2D eigenvalue weighted by molar-refractivity contribution is 14.1. The van der Waals surface area contributed by atoms with Gasteiger partial charge in [-0.05, 0) is 52.9 Å². The summed E-state index contributed by atoms with van der Waals surface area (Å²) in [6.07, 6.45) is 0. The molecule has 2 rings (SSSR count). The van der Waals surface area contributed by atoms with Gasteiger partial charge in [-0.25, -0.2) is 8.42 Å². The predicted molar refractivity (Wildman–Crippen MR) is 84.1 cm³/mol. The van der Waals surface area contributed by atoms with Crippen LogP contribution in [0.25, 0.3) is 0 Å². The summed E-state index contributed by atoms with van der Waals surface area (Å²) in [6.45, 7) is 0. The van der Waals surface area contributed by atoms with Gasteiger partial charge in [0.25, 0.3) is 10.0 Å². The highest BCUT2D eigenvalue weighted by atomic mass is 127. The van der Waals surface area contributed by atoms with Gasteiger partial charge in [0.1, 0.15) is 0 Å². The van der Waals surface area contributed by atoms with Crippen LogP contribution >= 0.6 is 38.5 Å². The van der Waals surface area contributed by atoms with Crippen LogP contribution in [0.15, 0.2) is 57.9 Å². The van der Waals surface area contributed by atoms with Gasteiger partial charge in [0.05, 0.1) is 10.6 Å². The lowest BCUT2D eigenvalue weighted by Crippen LogP contribution is -2.13. The predicted octanol–water partition coefficient (Wildman–Crippen LogP) is 3.85. The van der Waals surface area contributed by atoms with Gasteiger partial charge in [-0.2, -0.15) is 0 Å². The van der Waals surface area contributed by atoms with Crippen molar-refractivity contribution < 1.29 is 8.42 Å². The van der Waals surface area contributed by atoms with Crippen molar-refractivity contribution in [1.29, 1.82) is 0 Å². The zero-order valence-corrected chi connectivity index (χ0v) is 13.7. The maximum absolute atomic E-state index is 12.1. The van der Waals surface area contributed by atoms with Crippen LogP contribution in [0.5, 0.6) is 0 Å². The molecule has 0 bridgehead atoms. The topological polar surface area (TPSA) is 46.2 Å². The van der Waals surface area contributed by atoms with Crippen LogP contribution in [0.2, 0.25) is 0 Å². The Labute approximate surface area is 128 Å². The molecule has 0 heterocycles. The van der Waals surface area contributed by atoms with Crippen molar-refractivity contribution in [2.75, 3.05) is 4.72 Å². The highest BCUT2D eigenvalue weighted by Crippen LogP contribution is 2.25. The number of sulfonamides is 1. The maximum atomic E-state index is 12.1. The van der Waals surface area contributed by atoms with Crippen molar-refractivity contribution in [3.8, 4) is 0 Å². The van der Waals surface area contributed by atoms with E-state index in [1.807, 2.05) is 6.07 Å². The van der Waals surface area contributed by atoms with E-state index in [0.29, 0.717) is 5.69 Å². The van der Waals surface area contributed by atoms with Crippen LogP contribution in [-0.2, 0) is 10.0 Å². The molecule has 0 aliphatic carbocycles. The molecule has 6 heteroatoms.